The Morgan fingerprint density at radius 3 is 2.39 bits per heavy atom. The standard InChI is InChI=1S/C26H29FN2O4/c27-20-6-4-19(5-7-20)24(30)26(9-10-26)25(31)28-21(17-29-11-1-2-12-29)15-18-3-8-22-23(16-18)33-14-13-32-22/h3-8,16,21H,1-2,9-15,17H2,(H,28,31)/t21-/m0/s1. The third-order valence-electron chi connectivity index (χ3n) is 6.83. The number of carbonyl (C=O) groups excluding carboxylic acids is 2. The van der Waals surface area contributed by atoms with Crippen LogP contribution in [0.2, 0.25) is 0 Å². The second-order valence-electron chi connectivity index (χ2n) is 9.28. The summed E-state index contributed by atoms with van der Waals surface area (Å²) >= 11 is 0. The van der Waals surface area contributed by atoms with E-state index in [-0.39, 0.29) is 17.7 Å². The van der Waals surface area contributed by atoms with Crippen molar-refractivity contribution in [2.75, 3.05) is 32.8 Å². The van der Waals surface area contributed by atoms with Crippen molar-refractivity contribution >= 4 is 11.7 Å². The molecule has 3 aliphatic rings. The van der Waals surface area contributed by atoms with Crippen LogP contribution in [-0.4, -0.2) is 55.5 Å². The van der Waals surface area contributed by atoms with Gasteiger partial charge in [0, 0.05) is 18.2 Å². The largest absolute Gasteiger partial charge is 0.486 e. The second-order valence-corrected chi connectivity index (χ2v) is 9.28. The predicted octanol–water partition coefficient (Wildman–Crippen LogP) is 3.38. The summed E-state index contributed by atoms with van der Waals surface area (Å²) in [6.07, 6.45) is 4.01. The van der Waals surface area contributed by atoms with Crippen molar-refractivity contribution in [2.45, 2.75) is 38.1 Å². The van der Waals surface area contributed by atoms with Crippen LogP contribution in [0.15, 0.2) is 42.5 Å². The molecule has 7 heteroatoms. The van der Waals surface area contributed by atoms with Gasteiger partial charge in [-0.15, -0.1) is 0 Å². The van der Waals surface area contributed by atoms with E-state index < -0.39 is 11.2 Å². The van der Waals surface area contributed by atoms with E-state index in [9.17, 15) is 14.0 Å². The van der Waals surface area contributed by atoms with Gasteiger partial charge in [0.15, 0.2) is 17.3 Å². The molecule has 0 radical (unpaired) electrons. The second kappa shape index (κ2) is 9.14. The molecule has 0 bridgehead atoms. The van der Waals surface area contributed by atoms with Gasteiger partial charge in [-0.25, -0.2) is 4.39 Å². The van der Waals surface area contributed by atoms with Crippen LogP contribution in [0.25, 0.3) is 0 Å². The minimum Gasteiger partial charge on any atom is -0.486 e. The van der Waals surface area contributed by atoms with Gasteiger partial charge in [-0.1, -0.05) is 6.07 Å². The molecule has 1 atom stereocenters. The molecule has 0 aromatic heterocycles. The summed E-state index contributed by atoms with van der Waals surface area (Å²) in [5.74, 6) is 0.630. The van der Waals surface area contributed by atoms with Gasteiger partial charge < -0.3 is 19.7 Å². The van der Waals surface area contributed by atoms with E-state index >= 15 is 0 Å². The van der Waals surface area contributed by atoms with Crippen molar-refractivity contribution in [1.82, 2.24) is 10.2 Å². The number of ether oxygens (including phenoxy) is 2. The fourth-order valence-electron chi connectivity index (χ4n) is 4.82. The highest BCUT2D eigenvalue weighted by molar-refractivity contribution is 6.16. The Morgan fingerprint density at radius 1 is 1.00 bits per heavy atom. The van der Waals surface area contributed by atoms with E-state index in [4.69, 9.17) is 9.47 Å². The molecule has 1 aliphatic carbocycles. The number of benzene rings is 2. The number of ketones is 1. The van der Waals surface area contributed by atoms with Gasteiger partial charge in [-0.05, 0) is 87.2 Å². The first-order chi connectivity index (χ1) is 16.0. The summed E-state index contributed by atoms with van der Waals surface area (Å²) < 4.78 is 24.6. The highest BCUT2D eigenvalue weighted by Crippen LogP contribution is 2.48. The van der Waals surface area contributed by atoms with Crippen molar-refractivity contribution in [1.29, 1.82) is 0 Å². The summed E-state index contributed by atoms with van der Waals surface area (Å²) in [6, 6.07) is 11.2. The van der Waals surface area contributed by atoms with Crippen LogP contribution in [0, 0.1) is 11.2 Å². The molecular weight excluding hydrogens is 423 g/mol. The first kappa shape index (κ1) is 21.9. The van der Waals surface area contributed by atoms with E-state index in [0.717, 1.165) is 49.5 Å². The van der Waals surface area contributed by atoms with E-state index in [0.29, 0.717) is 38.0 Å². The quantitative estimate of drug-likeness (QED) is 0.491. The minimum absolute atomic E-state index is 0.128. The van der Waals surface area contributed by atoms with Gasteiger partial charge in [0.25, 0.3) is 0 Å². The molecule has 1 saturated heterocycles. The molecule has 2 fully saturated rings. The Morgan fingerprint density at radius 2 is 1.70 bits per heavy atom. The number of halogens is 1. The van der Waals surface area contributed by atoms with E-state index in [2.05, 4.69) is 10.2 Å². The summed E-state index contributed by atoms with van der Waals surface area (Å²) in [5, 5.41) is 3.19. The topological polar surface area (TPSA) is 67.9 Å². The summed E-state index contributed by atoms with van der Waals surface area (Å²) in [4.78, 5) is 28.8. The number of hydrogen-bond acceptors (Lipinski definition) is 5. The average molecular weight is 453 g/mol. The number of likely N-dealkylation sites (tertiary alicyclic amines) is 1. The maximum absolute atomic E-state index is 13.3. The summed E-state index contributed by atoms with van der Waals surface area (Å²) in [7, 11) is 0. The van der Waals surface area contributed by atoms with Crippen molar-refractivity contribution in [3.63, 3.8) is 0 Å². The zero-order valence-corrected chi connectivity index (χ0v) is 18.6. The summed E-state index contributed by atoms with van der Waals surface area (Å²) in [6.45, 7) is 3.85. The van der Waals surface area contributed by atoms with Gasteiger partial charge in [0.1, 0.15) is 24.4 Å². The van der Waals surface area contributed by atoms with Crippen molar-refractivity contribution in [3.05, 3.63) is 59.4 Å². The van der Waals surface area contributed by atoms with Crippen molar-refractivity contribution in [3.8, 4) is 11.5 Å². The summed E-state index contributed by atoms with van der Waals surface area (Å²) in [5.41, 5.74) is 0.402. The molecule has 2 aliphatic heterocycles. The molecule has 174 valence electrons. The molecule has 6 nitrogen and oxygen atoms in total. The zero-order chi connectivity index (χ0) is 22.8. The lowest BCUT2D eigenvalue weighted by molar-refractivity contribution is -0.125. The molecule has 2 aromatic carbocycles. The Bertz CT molecular complexity index is 1030. The molecule has 5 rings (SSSR count). The van der Waals surface area contributed by atoms with Crippen LogP contribution < -0.4 is 14.8 Å². The monoisotopic (exact) mass is 452 g/mol. The minimum atomic E-state index is -1.03. The molecule has 1 saturated carbocycles. The lowest BCUT2D eigenvalue weighted by Crippen LogP contribution is -2.48. The Labute approximate surface area is 193 Å². The molecule has 1 N–H and O–H groups in total. The smallest absolute Gasteiger partial charge is 0.234 e. The molecule has 0 unspecified atom stereocenters. The number of nitrogens with zero attached hydrogens (tertiary/aromatic N) is 1. The molecule has 33 heavy (non-hydrogen) atoms. The van der Waals surface area contributed by atoms with Gasteiger partial charge in [0.2, 0.25) is 5.91 Å². The van der Waals surface area contributed by atoms with E-state index in [1.54, 1.807) is 0 Å². The van der Waals surface area contributed by atoms with Crippen LogP contribution in [0.1, 0.15) is 41.6 Å². The van der Waals surface area contributed by atoms with Crippen LogP contribution in [0.4, 0.5) is 4.39 Å². The Balaban J connectivity index is 1.31. The fourth-order valence-corrected chi connectivity index (χ4v) is 4.82. The van der Waals surface area contributed by atoms with Gasteiger partial charge in [0.05, 0.1) is 0 Å². The number of Topliss-reactive ketones (excluding diaryl/α,β-unsaturated/α-hetero) is 1. The zero-order valence-electron chi connectivity index (χ0n) is 18.6. The van der Waals surface area contributed by atoms with E-state index in [1.165, 1.54) is 24.3 Å². The lowest BCUT2D eigenvalue weighted by atomic mass is 9.93. The molecule has 2 aromatic rings. The Kier molecular flexibility index (Phi) is 6.06. The first-order valence-corrected chi connectivity index (χ1v) is 11.8. The van der Waals surface area contributed by atoms with Crippen LogP contribution in [0.5, 0.6) is 11.5 Å². The van der Waals surface area contributed by atoms with Crippen LogP contribution in [0.3, 0.4) is 0 Å². The molecule has 2 heterocycles. The number of carbonyl (C=O) groups is 2. The molecule has 1 amide bonds. The van der Waals surface area contributed by atoms with Crippen molar-refractivity contribution in [2.24, 2.45) is 5.41 Å². The number of fused-ring (bicyclic) bond motifs is 1. The molecule has 0 spiro atoms. The highest BCUT2D eigenvalue weighted by atomic mass is 19.1. The van der Waals surface area contributed by atoms with Gasteiger partial charge >= 0.3 is 0 Å². The number of hydrogen-bond donors (Lipinski definition) is 1. The number of rotatable bonds is 8. The van der Waals surface area contributed by atoms with Crippen LogP contribution in [-0.2, 0) is 11.2 Å². The fraction of sp³-hybridized carbons (Fsp3) is 0.462. The van der Waals surface area contributed by atoms with E-state index in [1.807, 2.05) is 18.2 Å². The lowest BCUT2D eigenvalue weighted by Gasteiger charge is -2.27. The molecular formula is C26H29FN2O4. The number of amides is 1. The SMILES string of the molecule is O=C(N[C@@H](Cc1ccc2c(c1)OCCO2)CN1CCCC1)C1(C(=O)c2ccc(F)cc2)CC1. The normalized spacial score (nSPS) is 19.7. The highest BCUT2D eigenvalue weighted by Gasteiger charge is 2.56. The predicted molar refractivity (Wildman–Crippen MR) is 121 cm³/mol. The number of nitrogens with one attached hydrogen (secondary N) is 1. The van der Waals surface area contributed by atoms with Gasteiger partial charge in [-0.3, -0.25) is 9.59 Å². The third kappa shape index (κ3) is 4.74. The van der Waals surface area contributed by atoms with Crippen LogP contribution >= 0.6 is 0 Å². The Hall–Kier alpha value is -2.93. The third-order valence-corrected chi connectivity index (χ3v) is 6.83. The maximum Gasteiger partial charge on any atom is 0.234 e. The maximum atomic E-state index is 13.3. The average Bonchev–Trinajstić information content (AvgIpc) is 3.49. The van der Waals surface area contributed by atoms with Gasteiger partial charge in [-0.2, -0.15) is 0 Å². The van der Waals surface area contributed by atoms with Crippen molar-refractivity contribution < 1.29 is 23.5 Å². The first-order valence-electron chi connectivity index (χ1n) is 11.8.